The van der Waals surface area contributed by atoms with Crippen LogP contribution in [-0.2, 0) is 7.05 Å². The van der Waals surface area contributed by atoms with E-state index in [2.05, 4.69) is 20.4 Å². The van der Waals surface area contributed by atoms with Crippen LogP contribution in [0.3, 0.4) is 0 Å². The van der Waals surface area contributed by atoms with E-state index in [-0.39, 0.29) is 11.9 Å². The zero-order valence-electron chi connectivity index (χ0n) is 13.3. The first-order chi connectivity index (χ1) is 11.7. The molecule has 3 aromatic rings. The van der Waals surface area contributed by atoms with Crippen molar-refractivity contribution in [3.05, 3.63) is 41.4 Å². The lowest BCUT2D eigenvalue weighted by molar-refractivity contribution is 0.0590. The van der Waals surface area contributed by atoms with E-state index < -0.39 is 0 Å². The number of aryl methyl sites for hydroxylation is 1. The number of likely N-dealkylation sites (tertiary alicyclic amines) is 1. The van der Waals surface area contributed by atoms with Crippen LogP contribution in [0.1, 0.15) is 41.6 Å². The Hall–Kier alpha value is -2.48. The average Bonchev–Trinajstić information content (AvgIpc) is 3.35. The molecule has 7 nitrogen and oxygen atoms in total. The molecule has 1 saturated heterocycles. The number of aromatic nitrogens is 5. The Morgan fingerprint density at radius 3 is 3.08 bits per heavy atom. The average molecular weight is 342 g/mol. The van der Waals surface area contributed by atoms with Crippen molar-refractivity contribution in [1.82, 2.24) is 29.9 Å². The minimum Gasteiger partial charge on any atom is -0.327 e. The normalized spacial score (nSPS) is 18.0. The fourth-order valence-corrected chi connectivity index (χ4v) is 3.87. The van der Waals surface area contributed by atoms with E-state index in [9.17, 15) is 4.79 Å². The molecule has 124 valence electrons. The molecule has 1 fully saturated rings. The highest BCUT2D eigenvalue weighted by Crippen LogP contribution is 2.31. The third-order valence-electron chi connectivity index (χ3n) is 4.39. The van der Waals surface area contributed by atoms with Gasteiger partial charge in [-0.25, -0.2) is 0 Å². The van der Waals surface area contributed by atoms with Crippen molar-refractivity contribution in [2.75, 3.05) is 6.54 Å². The second-order valence-electron chi connectivity index (χ2n) is 5.95. The molecule has 4 rings (SSSR count). The van der Waals surface area contributed by atoms with Crippen molar-refractivity contribution < 1.29 is 4.79 Å². The Balaban J connectivity index is 1.61. The molecule has 0 spiro atoms. The van der Waals surface area contributed by atoms with Gasteiger partial charge in [-0.1, -0.05) is 6.07 Å². The highest BCUT2D eigenvalue weighted by Gasteiger charge is 2.32. The molecule has 0 aromatic carbocycles. The van der Waals surface area contributed by atoms with Gasteiger partial charge in [0.1, 0.15) is 6.33 Å². The van der Waals surface area contributed by atoms with Gasteiger partial charge < -0.3 is 9.47 Å². The number of nitrogens with zero attached hydrogens (tertiary/aromatic N) is 5. The Labute approximate surface area is 143 Å². The van der Waals surface area contributed by atoms with Crippen molar-refractivity contribution in [3.8, 4) is 10.6 Å². The van der Waals surface area contributed by atoms with Gasteiger partial charge in [0, 0.05) is 13.6 Å². The molecule has 0 aliphatic carbocycles. The summed E-state index contributed by atoms with van der Waals surface area (Å²) in [7, 11) is 1.91. The number of carbonyl (C=O) groups is 1. The zero-order chi connectivity index (χ0) is 16.5. The number of carbonyl (C=O) groups excluding carboxylic acids is 1. The van der Waals surface area contributed by atoms with Crippen LogP contribution >= 0.6 is 11.3 Å². The van der Waals surface area contributed by atoms with Crippen LogP contribution in [0, 0.1) is 0 Å². The Morgan fingerprint density at radius 2 is 2.33 bits per heavy atom. The van der Waals surface area contributed by atoms with Crippen LogP contribution in [0.4, 0.5) is 0 Å². The number of H-pyrrole nitrogens is 1. The van der Waals surface area contributed by atoms with Gasteiger partial charge in [0.25, 0.3) is 5.91 Å². The van der Waals surface area contributed by atoms with E-state index in [4.69, 9.17) is 0 Å². The summed E-state index contributed by atoms with van der Waals surface area (Å²) < 4.78 is 1.89. The summed E-state index contributed by atoms with van der Waals surface area (Å²) in [4.78, 5) is 15.9. The van der Waals surface area contributed by atoms with E-state index in [1.165, 1.54) is 0 Å². The van der Waals surface area contributed by atoms with Crippen LogP contribution in [0.2, 0.25) is 0 Å². The summed E-state index contributed by atoms with van der Waals surface area (Å²) in [5.74, 6) is 0.777. The number of nitrogens with one attached hydrogen (secondary N) is 1. The van der Waals surface area contributed by atoms with E-state index in [0.717, 1.165) is 42.2 Å². The van der Waals surface area contributed by atoms with Crippen molar-refractivity contribution in [2.24, 2.45) is 7.05 Å². The van der Waals surface area contributed by atoms with E-state index in [1.807, 2.05) is 40.1 Å². The molecule has 4 heterocycles. The maximum atomic E-state index is 13.0. The first-order valence-electron chi connectivity index (χ1n) is 7.98. The third kappa shape index (κ3) is 2.62. The van der Waals surface area contributed by atoms with Gasteiger partial charge in [-0.3, -0.25) is 9.89 Å². The Kier molecular flexibility index (Phi) is 3.89. The predicted octanol–water partition coefficient (Wildman–Crippen LogP) is 2.63. The predicted molar refractivity (Wildman–Crippen MR) is 90.5 cm³/mol. The molecule has 1 aliphatic heterocycles. The molecule has 1 atom stereocenters. The zero-order valence-corrected chi connectivity index (χ0v) is 14.2. The minimum absolute atomic E-state index is 0.0411. The fourth-order valence-electron chi connectivity index (χ4n) is 3.17. The van der Waals surface area contributed by atoms with Gasteiger partial charge in [0.15, 0.2) is 11.5 Å². The second-order valence-corrected chi connectivity index (χ2v) is 6.90. The molecule has 0 radical (unpaired) electrons. The monoisotopic (exact) mass is 342 g/mol. The number of rotatable bonds is 3. The number of piperidine rings is 1. The van der Waals surface area contributed by atoms with Gasteiger partial charge in [-0.15, -0.1) is 21.5 Å². The van der Waals surface area contributed by atoms with Crippen molar-refractivity contribution in [2.45, 2.75) is 25.3 Å². The largest absolute Gasteiger partial charge is 0.327 e. The smallest absolute Gasteiger partial charge is 0.274 e. The standard InChI is InChI=1S/C16H18N6OS/c1-21-10-17-20-15(21)13-5-2-3-7-22(13)16(23)12-9-11(18-19-12)14-6-4-8-24-14/h4,6,8-10,13H,2-3,5,7H2,1H3,(H,18,19)/t13-/m1/s1. The Morgan fingerprint density at radius 1 is 1.42 bits per heavy atom. The maximum absolute atomic E-state index is 13.0. The molecule has 0 bridgehead atoms. The number of hydrogen-bond acceptors (Lipinski definition) is 5. The molecular formula is C16H18N6OS. The summed E-state index contributed by atoms with van der Waals surface area (Å²) in [5, 5.41) is 17.4. The fraction of sp³-hybridized carbons (Fsp3) is 0.375. The van der Waals surface area contributed by atoms with Gasteiger partial charge in [0.2, 0.25) is 0 Å². The summed E-state index contributed by atoms with van der Waals surface area (Å²) >= 11 is 1.62. The lowest BCUT2D eigenvalue weighted by atomic mass is 10.0. The minimum atomic E-state index is -0.0539. The molecule has 3 aromatic heterocycles. The molecule has 0 saturated carbocycles. The molecule has 24 heavy (non-hydrogen) atoms. The van der Waals surface area contributed by atoms with Crippen molar-refractivity contribution in [3.63, 3.8) is 0 Å². The molecule has 1 amide bonds. The molecule has 1 N–H and O–H groups in total. The topological polar surface area (TPSA) is 79.7 Å². The van der Waals surface area contributed by atoms with Crippen LogP contribution in [0.5, 0.6) is 0 Å². The summed E-state index contributed by atoms with van der Waals surface area (Å²) in [6.07, 6.45) is 4.67. The van der Waals surface area contributed by atoms with Gasteiger partial charge in [0.05, 0.1) is 16.6 Å². The van der Waals surface area contributed by atoms with E-state index in [0.29, 0.717) is 5.69 Å². The van der Waals surface area contributed by atoms with Crippen LogP contribution in [0.25, 0.3) is 10.6 Å². The van der Waals surface area contributed by atoms with Crippen molar-refractivity contribution in [1.29, 1.82) is 0 Å². The van der Waals surface area contributed by atoms with Gasteiger partial charge in [-0.2, -0.15) is 5.10 Å². The lowest BCUT2D eigenvalue weighted by Crippen LogP contribution is -2.39. The molecular weight excluding hydrogens is 324 g/mol. The summed E-state index contributed by atoms with van der Waals surface area (Å²) in [6.45, 7) is 0.720. The summed E-state index contributed by atoms with van der Waals surface area (Å²) in [6, 6.07) is 5.78. The van der Waals surface area contributed by atoms with E-state index in [1.54, 1.807) is 17.7 Å². The summed E-state index contributed by atoms with van der Waals surface area (Å²) in [5.41, 5.74) is 1.33. The number of hydrogen-bond donors (Lipinski definition) is 1. The molecule has 1 aliphatic rings. The van der Waals surface area contributed by atoms with Crippen LogP contribution in [0.15, 0.2) is 29.9 Å². The quantitative estimate of drug-likeness (QED) is 0.793. The SMILES string of the molecule is Cn1cnnc1[C@H]1CCCCN1C(=O)c1cc(-c2cccs2)[nH]n1. The highest BCUT2D eigenvalue weighted by molar-refractivity contribution is 7.13. The Bertz CT molecular complexity index is 837. The highest BCUT2D eigenvalue weighted by atomic mass is 32.1. The number of aromatic amines is 1. The van der Waals surface area contributed by atoms with Gasteiger partial charge >= 0.3 is 0 Å². The first kappa shape index (κ1) is 15.1. The maximum Gasteiger partial charge on any atom is 0.274 e. The first-order valence-corrected chi connectivity index (χ1v) is 8.86. The van der Waals surface area contributed by atoms with E-state index >= 15 is 0 Å². The van der Waals surface area contributed by atoms with Crippen molar-refractivity contribution >= 4 is 17.2 Å². The second kappa shape index (κ2) is 6.20. The third-order valence-corrected chi connectivity index (χ3v) is 5.29. The number of amides is 1. The molecule has 0 unspecified atom stereocenters. The molecule has 8 heteroatoms. The van der Waals surface area contributed by atoms with Crippen LogP contribution in [-0.4, -0.2) is 42.3 Å². The lowest BCUT2D eigenvalue weighted by Gasteiger charge is -2.34. The van der Waals surface area contributed by atoms with Gasteiger partial charge in [-0.05, 0) is 36.8 Å². The van der Waals surface area contributed by atoms with Crippen LogP contribution < -0.4 is 0 Å². The number of thiophene rings is 1.